The summed E-state index contributed by atoms with van der Waals surface area (Å²) in [5.41, 5.74) is 0.102. The SMILES string of the molecule is CC1CCCN(Cc2c(F)cccc2F)C1CO. The van der Waals surface area contributed by atoms with Crippen molar-refractivity contribution >= 4 is 0 Å². The van der Waals surface area contributed by atoms with Crippen molar-refractivity contribution in [3.63, 3.8) is 0 Å². The first kappa shape index (κ1) is 13.4. The Balaban J connectivity index is 2.17. The van der Waals surface area contributed by atoms with Crippen LogP contribution >= 0.6 is 0 Å². The molecule has 1 fully saturated rings. The van der Waals surface area contributed by atoms with Gasteiger partial charge in [-0.2, -0.15) is 0 Å². The molecule has 1 aromatic rings. The molecule has 4 heteroatoms. The summed E-state index contributed by atoms with van der Waals surface area (Å²) < 4.78 is 27.2. The first-order chi connectivity index (χ1) is 8.63. The van der Waals surface area contributed by atoms with Crippen molar-refractivity contribution in [1.82, 2.24) is 4.90 Å². The predicted octanol–water partition coefficient (Wildman–Crippen LogP) is 2.56. The molecular formula is C14H19F2NO. The minimum atomic E-state index is -0.509. The van der Waals surface area contributed by atoms with Crippen LogP contribution < -0.4 is 0 Å². The van der Waals surface area contributed by atoms with Crippen LogP contribution in [-0.2, 0) is 6.54 Å². The van der Waals surface area contributed by atoms with E-state index in [-0.39, 0.29) is 24.8 Å². The molecule has 0 aliphatic carbocycles. The number of rotatable bonds is 3. The highest BCUT2D eigenvalue weighted by molar-refractivity contribution is 5.19. The van der Waals surface area contributed by atoms with Crippen LogP contribution in [-0.4, -0.2) is 29.2 Å². The van der Waals surface area contributed by atoms with Crippen molar-refractivity contribution in [3.05, 3.63) is 35.4 Å². The summed E-state index contributed by atoms with van der Waals surface area (Å²) in [5, 5.41) is 9.42. The number of aliphatic hydroxyl groups excluding tert-OH is 1. The molecule has 0 bridgehead atoms. The Morgan fingerprint density at radius 2 is 2.00 bits per heavy atom. The van der Waals surface area contributed by atoms with Crippen LogP contribution in [0.1, 0.15) is 25.3 Å². The predicted molar refractivity (Wildman–Crippen MR) is 66.0 cm³/mol. The molecule has 18 heavy (non-hydrogen) atoms. The highest BCUT2D eigenvalue weighted by atomic mass is 19.1. The first-order valence-electron chi connectivity index (χ1n) is 6.41. The van der Waals surface area contributed by atoms with E-state index in [0.29, 0.717) is 5.92 Å². The van der Waals surface area contributed by atoms with E-state index in [9.17, 15) is 13.9 Å². The van der Waals surface area contributed by atoms with Crippen LogP contribution in [0.5, 0.6) is 0 Å². The summed E-state index contributed by atoms with van der Waals surface area (Å²) >= 11 is 0. The minimum absolute atomic E-state index is 0.00208. The van der Waals surface area contributed by atoms with E-state index in [1.807, 2.05) is 4.90 Å². The Kier molecular flexibility index (Phi) is 4.30. The second-order valence-electron chi connectivity index (χ2n) is 5.04. The van der Waals surface area contributed by atoms with Crippen LogP contribution in [0.15, 0.2) is 18.2 Å². The van der Waals surface area contributed by atoms with Crippen molar-refractivity contribution in [1.29, 1.82) is 0 Å². The average molecular weight is 255 g/mol. The molecule has 1 N–H and O–H groups in total. The Labute approximate surface area is 106 Å². The highest BCUT2D eigenvalue weighted by Gasteiger charge is 2.28. The van der Waals surface area contributed by atoms with E-state index < -0.39 is 11.6 Å². The van der Waals surface area contributed by atoms with E-state index >= 15 is 0 Å². The number of nitrogens with zero attached hydrogens (tertiary/aromatic N) is 1. The lowest BCUT2D eigenvalue weighted by molar-refractivity contribution is 0.0457. The maximum absolute atomic E-state index is 13.6. The Bertz CT molecular complexity index is 391. The molecule has 2 nitrogen and oxygen atoms in total. The van der Waals surface area contributed by atoms with Gasteiger partial charge in [0, 0.05) is 18.2 Å². The number of piperidine rings is 1. The zero-order valence-electron chi connectivity index (χ0n) is 10.6. The Morgan fingerprint density at radius 3 is 2.61 bits per heavy atom. The summed E-state index contributed by atoms with van der Waals surface area (Å²) in [6, 6.07) is 3.92. The molecule has 1 saturated heterocycles. The smallest absolute Gasteiger partial charge is 0.130 e. The lowest BCUT2D eigenvalue weighted by Gasteiger charge is -2.39. The van der Waals surface area contributed by atoms with Gasteiger partial charge in [0.2, 0.25) is 0 Å². The van der Waals surface area contributed by atoms with Crippen molar-refractivity contribution < 1.29 is 13.9 Å². The van der Waals surface area contributed by atoms with Crippen LogP contribution in [0, 0.1) is 17.6 Å². The standard InChI is InChI=1S/C14H19F2NO/c1-10-4-3-7-17(14(10)9-18)8-11-12(15)5-2-6-13(11)16/h2,5-6,10,14,18H,3-4,7-9H2,1H3. The zero-order valence-corrected chi connectivity index (χ0v) is 10.6. The largest absolute Gasteiger partial charge is 0.395 e. The van der Waals surface area contributed by atoms with Crippen LogP contribution in [0.3, 0.4) is 0 Å². The van der Waals surface area contributed by atoms with Gasteiger partial charge in [-0.25, -0.2) is 8.78 Å². The van der Waals surface area contributed by atoms with Gasteiger partial charge in [0.25, 0.3) is 0 Å². The summed E-state index contributed by atoms with van der Waals surface area (Å²) in [4.78, 5) is 1.98. The van der Waals surface area contributed by atoms with Gasteiger partial charge < -0.3 is 5.11 Å². The second kappa shape index (κ2) is 5.76. The number of halogens is 2. The monoisotopic (exact) mass is 255 g/mol. The van der Waals surface area contributed by atoms with Gasteiger partial charge in [-0.05, 0) is 37.4 Å². The third kappa shape index (κ3) is 2.70. The topological polar surface area (TPSA) is 23.5 Å². The van der Waals surface area contributed by atoms with Gasteiger partial charge >= 0.3 is 0 Å². The first-order valence-corrected chi connectivity index (χ1v) is 6.41. The third-order valence-electron chi connectivity index (χ3n) is 3.84. The quantitative estimate of drug-likeness (QED) is 0.897. The number of hydrogen-bond acceptors (Lipinski definition) is 2. The number of hydrogen-bond donors (Lipinski definition) is 1. The van der Waals surface area contributed by atoms with Gasteiger partial charge in [0.15, 0.2) is 0 Å². The van der Waals surface area contributed by atoms with Crippen LogP contribution in [0.25, 0.3) is 0 Å². The summed E-state index contributed by atoms with van der Waals surface area (Å²) in [6.07, 6.45) is 2.06. The summed E-state index contributed by atoms with van der Waals surface area (Å²) in [5.74, 6) is -0.659. The van der Waals surface area contributed by atoms with Crippen molar-refractivity contribution in [2.75, 3.05) is 13.2 Å². The maximum Gasteiger partial charge on any atom is 0.130 e. The summed E-state index contributed by atoms with van der Waals surface area (Å²) in [6.45, 7) is 3.12. The molecule has 0 amide bonds. The van der Waals surface area contributed by atoms with E-state index in [2.05, 4.69) is 6.92 Å². The maximum atomic E-state index is 13.6. The fourth-order valence-electron chi connectivity index (χ4n) is 2.71. The Morgan fingerprint density at radius 1 is 1.33 bits per heavy atom. The zero-order chi connectivity index (χ0) is 13.1. The molecule has 2 unspecified atom stereocenters. The van der Waals surface area contributed by atoms with Gasteiger partial charge in [-0.15, -0.1) is 0 Å². The fraction of sp³-hybridized carbons (Fsp3) is 0.571. The van der Waals surface area contributed by atoms with Crippen molar-refractivity contribution in [3.8, 4) is 0 Å². The van der Waals surface area contributed by atoms with E-state index in [1.54, 1.807) is 0 Å². The van der Waals surface area contributed by atoms with Gasteiger partial charge in [0.05, 0.1) is 6.61 Å². The minimum Gasteiger partial charge on any atom is -0.395 e. The fourth-order valence-corrected chi connectivity index (χ4v) is 2.71. The number of likely N-dealkylation sites (tertiary alicyclic amines) is 1. The molecule has 1 heterocycles. The molecule has 1 aliphatic rings. The lowest BCUT2D eigenvalue weighted by atomic mass is 9.91. The normalized spacial score (nSPS) is 25.3. The lowest BCUT2D eigenvalue weighted by Crippen LogP contribution is -2.46. The Hall–Kier alpha value is -1.00. The number of benzene rings is 1. The van der Waals surface area contributed by atoms with E-state index in [0.717, 1.165) is 19.4 Å². The van der Waals surface area contributed by atoms with Crippen molar-refractivity contribution in [2.24, 2.45) is 5.92 Å². The molecule has 0 aromatic heterocycles. The molecule has 0 radical (unpaired) electrons. The van der Waals surface area contributed by atoms with Crippen LogP contribution in [0.4, 0.5) is 8.78 Å². The molecule has 0 saturated carbocycles. The molecule has 1 aliphatic heterocycles. The highest BCUT2D eigenvalue weighted by Crippen LogP contribution is 2.26. The molecule has 100 valence electrons. The van der Waals surface area contributed by atoms with E-state index in [1.165, 1.54) is 18.2 Å². The van der Waals surface area contributed by atoms with Crippen molar-refractivity contribution in [2.45, 2.75) is 32.4 Å². The third-order valence-corrected chi connectivity index (χ3v) is 3.84. The van der Waals surface area contributed by atoms with Gasteiger partial charge in [0.1, 0.15) is 11.6 Å². The number of aliphatic hydroxyl groups is 1. The molecule has 1 aromatic carbocycles. The average Bonchev–Trinajstić information content (AvgIpc) is 2.34. The van der Waals surface area contributed by atoms with E-state index in [4.69, 9.17) is 0 Å². The van der Waals surface area contributed by atoms with Crippen LogP contribution in [0.2, 0.25) is 0 Å². The molecule has 2 rings (SSSR count). The second-order valence-corrected chi connectivity index (χ2v) is 5.04. The summed E-state index contributed by atoms with van der Waals surface area (Å²) in [7, 11) is 0. The molecular weight excluding hydrogens is 236 g/mol. The molecule has 0 spiro atoms. The van der Waals surface area contributed by atoms with Gasteiger partial charge in [-0.1, -0.05) is 13.0 Å². The van der Waals surface area contributed by atoms with Gasteiger partial charge in [-0.3, -0.25) is 4.90 Å². The molecule has 2 atom stereocenters.